The molecule has 1 rings (SSSR count). The molecular formula is C9H8F2O3. The van der Waals surface area contributed by atoms with Gasteiger partial charge in [-0.05, 0) is 13.0 Å². The van der Waals surface area contributed by atoms with Gasteiger partial charge in [-0.25, -0.2) is 4.39 Å². The maximum Gasteiger partial charge on any atom is 0.209 e. The molecule has 0 aromatic heterocycles. The maximum absolute atomic E-state index is 13.1. The van der Waals surface area contributed by atoms with Crippen molar-refractivity contribution in [2.75, 3.05) is 7.11 Å². The second-order valence-corrected chi connectivity index (χ2v) is 2.66. The highest BCUT2D eigenvalue weighted by molar-refractivity contribution is 5.95. The fraction of sp³-hybridized carbons (Fsp3) is 0.222. The van der Waals surface area contributed by atoms with E-state index in [0.29, 0.717) is 0 Å². The van der Waals surface area contributed by atoms with Crippen molar-refractivity contribution >= 4 is 5.78 Å². The zero-order valence-electron chi connectivity index (χ0n) is 7.60. The molecule has 0 bridgehead atoms. The number of phenols is 1. The monoisotopic (exact) mass is 202 g/mol. The lowest BCUT2D eigenvalue weighted by atomic mass is 10.1. The summed E-state index contributed by atoms with van der Waals surface area (Å²) in [7, 11) is 1.15. The number of aromatic hydroxyl groups is 1. The van der Waals surface area contributed by atoms with Gasteiger partial charge in [-0.1, -0.05) is 0 Å². The van der Waals surface area contributed by atoms with Crippen molar-refractivity contribution in [1.29, 1.82) is 0 Å². The van der Waals surface area contributed by atoms with Crippen LogP contribution >= 0.6 is 0 Å². The maximum atomic E-state index is 13.1. The molecule has 0 heterocycles. The van der Waals surface area contributed by atoms with Gasteiger partial charge >= 0.3 is 0 Å². The molecule has 1 aromatic carbocycles. The van der Waals surface area contributed by atoms with E-state index in [1.807, 2.05) is 0 Å². The van der Waals surface area contributed by atoms with Crippen LogP contribution in [0.4, 0.5) is 8.78 Å². The number of ketones is 1. The number of carbonyl (C=O) groups excluding carboxylic acids is 1. The van der Waals surface area contributed by atoms with Crippen molar-refractivity contribution in [2.45, 2.75) is 6.92 Å². The Morgan fingerprint density at radius 3 is 2.43 bits per heavy atom. The molecule has 0 atom stereocenters. The van der Waals surface area contributed by atoms with E-state index in [2.05, 4.69) is 4.74 Å². The van der Waals surface area contributed by atoms with Gasteiger partial charge < -0.3 is 9.84 Å². The van der Waals surface area contributed by atoms with Gasteiger partial charge in [0.05, 0.1) is 12.7 Å². The molecule has 1 aromatic rings. The minimum atomic E-state index is -1.27. The van der Waals surface area contributed by atoms with Crippen LogP contribution in [0.2, 0.25) is 0 Å². The predicted molar refractivity (Wildman–Crippen MR) is 44.6 cm³/mol. The predicted octanol–water partition coefficient (Wildman–Crippen LogP) is 1.88. The Morgan fingerprint density at radius 2 is 2.00 bits per heavy atom. The largest absolute Gasteiger partial charge is 0.503 e. The van der Waals surface area contributed by atoms with Crippen molar-refractivity contribution in [3.05, 3.63) is 23.3 Å². The number of benzene rings is 1. The number of rotatable bonds is 2. The van der Waals surface area contributed by atoms with Gasteiger partial charge in [-0.2, -0.15) is 4.39 Å². The standard InChI is InChI=1S/C9H8F2O3/c1-4(12)5-3-6(14-2)8(11)9(13)7(5)10/h3,13H,1-2H3. The molecule has 0 spiro atoms. The molecule has 0 unspecified atom stereocenters. The van der Waals surface area contributed by atoms with Crippen molar-refractivity contribution in [2.24, 2.45) is 0 Å². The Labute approximate surface area is 78.9 Å². The first kappa shape index (κ1) is 10.4. The lowest BCUT2D eigenvalue weighted by Gasteiger charge is -2.07. The summed E-state index contributed by atoms with van der Waals surface area (Å²) in [6.07, 6.45) is 0. The van der Waals surface area contributed by atoms with Gasteiger partial charge in [-0.15, -0.1) is 0 Å². The summed E-state index contributed by atoms with van der Waals surface area (Å²) in [5.74, 6) is -4.66. The molecule has 14 heavy (non-hydrogen) atoms. The molecular weight excluding hydrogens is 194 g/mol. The quantitative estimate of drug-likeness (QED) is 0.745. The van der Waals surface area contributed by atoms with Gasteiger partial charge in [0.25, 0.3) is 0 Å². The van der Waals surface area contributed by atoms with Crippen molar-refractivity contribution in [3.63, 3.8) is 0 Å². The molecule has 0 amide bonds. The summed E-state index contributed by atoms with van der Waals surface area (Å²) in [4.78, 5) is 10.9. The van der Waals surface area contributed by atoms with Crippen LogP contribution in [0.15, 0.2) is 6.07 Å². The summed E-state index contributed by atoms with van der Waals surface area (Å²) >= 11 is 0. The van der Waals surface area contributed by atoms with E-state index in [1.54, 1.807) is 0 Å². The number of ether oxygens (including phenoxy) is 1. The van der Waals surface area contributed by atoms with E-state index in [9.17, 15) is 13.6 Å². The van der Waals surface area contributed by atoms with Crippen LogP contribution in [0.5, 0.6) is 11.5 Å². The van der Waals surface area contributed by atoms with E-state index in [1.165, 1.54) is 0 Å². The highest BCUT2D eigenvalue weighted by Crippen LogP contribution is 2.31. The highest BCUT2D eigenvalue weighted by atomic mass is 19.1. The van der Waals surface area contributed by atoms with Crippen molar-refractivity contribution < 1.29 is 23.4 Å². The molecule has 0 saturated carbocycles. The van der Waals surface area contributed by atoms with Crippen LogP contribution in [0.1, 0.15) is 17.3 Å². The fourth-order valence-electron chi connectivity index (χ4n) is 1.00. The number of phenolic OH excluding ortho intramolecular Hbond substituents is 1. The molecule has 0 saturated heterocycles. The van der Waals surface area contributed by atoms with E-state index < -0.39 is 28.7 Å². The van der Waals surface area contributed by atoms with E-state index in [-0.39, 0.29) is 5.75 Å². The number of hydrogen-bond donors (Lipinski definition) is 1. The first-order chi connectivity index (χ1) is 6.49. The van der Waals surface area contributed by atoms with E-state index >= 15 is 0 Å². The molecule has 5 heteroatoms. The molecule has 3 nitrogen and oxygen atoms in total. The zero-order chi connectivity index (χ0) is 10.9. The summed E-state index contributed by atoms with van der Waals surface area (Å²) in [6.45, 7) is 1.11. The molecule has 76 valence electrons. The third-order valence-electron chi connectivity index (χ3n) is 1.74. The molecule has 0 radical (unpaired) electrons. The fourth-order valence-corrected chi connectivity index (χ4v) is 1.00. The first-order valence-electron chi connectivity index (χ1n) is 3.75. The Morgan fingerprint density at radius 1 is 1.43 bits per heavy atom. The Balaban J connectivity index is 3.48. The topological polar surface area (TPSA) is 46.5 Å². The van der Waals surface area contributed by atoms with E-state index in [4.69, 9.17) is 5.11 Å². The molecule has 0 aliphatic heterocycles. The average molecular weight is 202 g/mol. The molecule has 0 aliphatic rings. The Kier molecular flexibility index (Phi) is 2.69. The second kappa shape index (κ2) is 3.61. The van der Waals surface area contributed by atoms with Gasteiger partial charge in [-0.3, -0.25) is 4.79 Å². The van der Waals surface area contributed by atoms with Crippen LogP contribution in [-0.4, -0.2) is 18.0 Å². The lowest BCUT2D eigenvalue weighted by molar-refractivity contribution is 0.101. The summed E-state index contributed by atoms with van der Waals surface area (Å²) in [5, 5.41) is 8.97. The normalized spacial score (nSPS) is 10.0. The average Bonchev–Trinajstić information content (AvgIpc) is 2.14. The minimum Gasteiger partial charge on any atom is -0.503 e. The van der Waals surface area contributed by atoms with E-state index in [0.717, 1.165) is 20.1 Å². The summed E-state index contributed by atoms with van der Waals surface area (Å²) in [6, 6.07) is 0.909. The molecule has 0 aliphatic carbocycles. The number of carbonyl (C=O) groups is 1. The van der Waals surface area contributed by atoms with Crippen LogP contribution < -0.4 is 4.74 Å². The number of halogens is 2. The Bertz CT molecular complexity index is 388. The van der Waals surface area contributed by atoms with Crippen LogP contribution in [0.3, 0.4) is 0 Å². The highest BCUT2D eigenvalue weighted by Gasteiger charge is 2.20. The second-order valence-electron chi connectivity index (χ2n) is 2.66. The van der Waals surface area contributed by atoms with Gasteiger partial charge in [0.1, 0.15) is 0 Å². The molecule has 0 fully saturated rings. The third kappa shape index (κ3) is 1.53. The summed E-state index contributed by atoms with van der Waals surface area (Å²) in [5.41, 5.74) is -0.402. The van der Waals surface area contributed by atoms with Crippen LogP contribution in [0.25, 0.3) is 0 Å². The number of hydrogen-bond acceptors (Lipinski definition) is 3. The summed E-state index contributed by atoms with van der Waals surface area (Å²) < 4.78 is 30.6. The van der Waals surface area contributed by atoms with Gasteiger partial charge in [0.15, 0.2) is 23.1 Å². The van der Waals surface area contributed by atoms with Gasteiger partial charge in [0.2, 0.25) is 5.82 Å². The Hall–Kier alpha value is -1.65. The number of methoxy groups -OCH3 is 1. The first-order valence-corrected chi connectivity index (χ1v) is 3.75. The van der Waals surface area contributed by atoms with Crippen molar-refractivity contribution in [3.8, 4) is 11.5 Å². The molecule has 1 N–H and O–H groups in total. The van der Waals surface area contributed by atoms with Crippen LogP contribution in [-0.2, 0) is 0 Å². The van der Waals surface area contributed by atoms with Crippen LogP contribution in [0, 0.1) is 11.6 Å². The third-order valence-corrected chi connectivity index (χ3v) is 1.74. The minimum absolute atomic E-state index is 0.367. The SMILES string of the molecule is COc1cc(C(C)=O)c(F)c(O)c1F. The smallest absolute Gasteiger partial charge is 0.209 e. The zero-order valence-corrected chi connectivity index (χ0v) is 7.60. The van der Waals surface area contributed by atoms with Crippen molar-refractivity contribution in [1.82, 2.24) is 0 Å². The lowest BCUT2D eigenvalue weighted by Crippen LogP contribution is -2.01. The number of Topliss-reactive ketones (excluding diaryl/α,β-unsaturated/α-hetero) is 1. The van der Waals surface area contributed by atoms with Gasteiger partial charge in [0, 0.05) is 0 Å².